The standard InChI is InChI=1S/C37H44N4O/c42-35(29-38-21-25-40(26-22-38)36(31-13-5-1-6-14-31)32-15-7-2-8-16-32)30-39-23-27-41(28-24-39)37(33-17-9-3-10-18-33)34-19-11-4-12-20-34/h1-20,35-37,42H,21-30H2. The van der Waals surface area contributed by atoms with Crippen molar-refractivity contribution >= 4 is 0 Å². The van der Waals surface area contributed by atoms with Crippen LogP contribution in [0.5, 0.6) is 0 Å². The fourth-order valence-electron chi connectivity index (χ4n) is 6.83. The van der Waals surface area contributed by atoms with Gasteiger partial charge in [0.15, 0.2) is 0 Å². The predicted octanol–water partition coefficient (Wildman–Crippen LogP) is 5.16. The Bertz CT molecular complexity index is 1140. The molecular weight excluding hydrogens is 516 g/mol. The maximum atomic E-state index is 11.1. The zero-order valence-electron chi connectivity index (χ0n) is 24.6. The van der Waals surface area contributed by atoms with E-state index >= 15 is 0 Å². The lowest BCUT2D eigenvalue weighted by Gasteiger charge is -2.42. The summed E-state index contributed by atoms with van der Waals surface area (Å²) in [6.07, 6.45) is -0.332. The Morgan fingerprint density at radius 3 is 0.929 bits per heavy atom. The molecule has 0 amide bonds. The van der Waals surface area contributed by atoms with E-state index in [0.29, 0.717) is 0 Å². The lowest BCUT2D eigenvalue weighted by Crippen LogP contribution is -2.53. The monoisotopic (exact) mass is 560 g/mol. The van der Waals surface area contributed by atoms with Gasteiger partial charge in [-0.1, -0.05) is 121 Å². The molecule has 0 atom stereocenters. The second-order valence-electron chi connectivity index (χ2n) is 11.8. The fraction of sp³-hybridized carbons (Fsp3) is 0.351. The predicted molar refractivity (Wildman–Crippen MR) is 171 cm³/mol. The molecule has 6 rings (SSSR count). The van der Waals surface area contributed by atoms with Crippen molar-refractivity contribution in [2.75, 3.05) is 65.4 Å². The van der Waals surface area contributed by atoms with E-state index in [1.165, 1.54) is 22.3 Å². The molecule has 5 nitrogen and oxygen atoms in total. The molecule has 2 heterocycles. The van der Waals surface area contributed by atoms with Gasteiger partial charge in [-0.05, 0) is 22.3 Å². The molecule has 218 valence electrons. The topological polar surface area (TPSA) is 33.2 Å². The van der Waals surface area contributed by atoms with Crippen LogP contribution in [0.3, 0.4) is 0 Å². The molecule has 4 aromatic carbocycles. The Hall–Kier alpha value is -3.32. The van der Waals surface area contributed by atoms with Gasteiger partial charge in [0.05, 0.1) is 18.2 Å². The zero-order chi connectivity index (χ0) is 28.6. The summed E-state index contributed by atoms with van der Waals surface area (Å²) in [7, 11) is 0. The first-order valence-corrected chi connectivity index (χ1v) is 15.6. The SMILES string of the molecule is OC(CN1CCN(C(c2ccccc2)c2ccccc2)CC1)CN1CCN(C(c2ccccc2)c2ccccc2)CC1. The highest BCUT2D eigenvalue weighted by atomic mass is 16.3. The van der Waals surface area contributed by atoms with E-state index in [4.69, 9.17) is 0 Å². The molecule has 2 aliphatic heterocycles. The third-order valence-electron chi connectivity index (χ3n) is 8.94. The largest absolute Gasteiger partial charge is 0.390 e. The number of hydrogen-bond donors (Lipinski definition) is 1. The fourth-order valence-corrected chi connectivity index (χ4v) is 6.83. The molecule has 2 fully saturated rings. The normalized spacial score (nSPS) is 17.8. The summed E-state index contributed by atoms with van der Waals surface area (Å²) in [4.78, 5) is 10.1. The number of β-amino-alcohol motifs (C(OH)–C–C–N with tert-alkyl or cyclic N) is 1. The minimum Gasteiger partial charge on any atom is -0.390 e. The third-order valence-corrected chi connectivity index (χ3v) is 8.94. The van der Waals surface area contributed by atoms with Gasteiger partial charge in [0.25, 0.3) is 0 Å². The molecule has 42 heavy (non-hydrogen) atoms. The van der Waals surface area contributed by atoms with Crippen molar-refractivity contribution in [1.82, 2.24) is 19.6 Å². The number of hydrogen-bond acceptors (Lipinski definition) is 5. The Labute approximate surface area is 251 Å². The second kappa shape index (κ2) is 14.2. The van der Waals surface area contributed by atoms with Crippen LogP contribution in [0.1, 0.15) is 34.3 Å². The van der Waals surface area contributed by atoms with Crippen LogP contribution in [0.25, 0.3) is 0 Å². The molecule has 0 spiro atoms. The first-order chi connectivity index (χ1) is 20.7. The lowest BCUT2D eigenvalue weighted by atomic mass is 9.96. The van der Waals surface area contributed by atoms with Crippen molar-refractivity contribution in [2.45, 2.75) is 18.2 Å². The second-order valence-corrected chi connectivity index (χ2v) is 11.8. The van der Waals surface area contributed by atoms with Crippen LogP contribution in [0.4, 0.5) is 0 Å². The van der Waals surface area contributed by atoms with E-state index < -0.39 is 0 Å². The maximum Gasteiger partial charge on any atom is 0.0793 e. The van der Waals surface area contributed by atoms with Crippen LogP contribution in [0.15, 0.2) is 121 Å². The van der Waals surface area contributed by atoms with E-state index in [1.807, 2.05) is 0 Å². The van der Waals surface area contributed by atoms with E-state index in [9.17, 15) is 5.11 Å². The zero-order valence-corrected chi connectivity index (χ0v) is 24.6. The van der Waals surface area contributed by atoms with Crippen molar-refractivity contribution < 1.29 is 5.11 Å². The molecular formula is C37H44N4O. The molecule has 2 aliphatic rings. The third kappa shape index (κ3) is 7.17. The quantitative estimate of drug-likeness (QED) is 0.290. The summed E-state index contributed by atoms with van der Waals surface area (Å²) in [5.74, 6) is 0. The average molecular weight is 561 g/mol. The van der Waals surface area contributed by atoms with Crippen LogP contribution < -0.4 is 0 Å². The average Bonchev–Trinajstić information content (AvgIpc) is 3.05. The van der Waals surface area contributed by atoms with Crippen molar-refractivity contribution in [2.24, 2.45) is 0 Å². The number of piperazine rings is 2. The summed E-state index contributed by atoms with van der Waals surface area (Å²) in [5, 5.41) is 11.1. The van der Waals surface area contributed by atoms with Gasteiger partial charge < -0.3 is 5.11 Å². The van der Waals surface area contributed by atoms with Gasteiger partial charge in [-0.15, -0.1) is 0 Å². The highest BCUT2D eigenvalue weighted by Crippen LogP contribution is 2.31. The van der Waals surface area contributed by atoms with E-state index in [1.54, 1.807) is 0 Å². The van der Waals surface area contributed by atoms with Crippen molar-refractivity contribution in [3.05, 3.63) is 144 Å². The molecule has 4 aromatic rings. The molecule has 0 unspecified atom stereocenters. The first-order valence-electron chi connectivity index (χ1n) is 15.6. The van der Waals surface area contributed by atoms with Crippen LogP contribution in [0.2, 0.25) is 0 Å². The van der Waals surface area contributed by atoms with Gasteiger partial charge in [-0.25, -0.2) is 0 Å². The van der Waals surface area contributed by atoms with Crippen molar-refractivity contribution in [1.29, 1.82) is 0 Å². The molecule has 2 saturated heterocycles. The van der Waals surface area contributed by atoms with Gasteiger partial charge >= 0.3 is 0 Å². The van der Waals surface area contributed by atoms with E-state index in [0.717, 1.165) is 65.4 Å². The van der Waals surface area contributed by atoms with Gasteiger partial charge in [-0.2, -0.15) is 0 Å². The van der Waals surface area contributed by atoms with Crippen LogP contribution in [-0.2, 0) is 0 Å². The Morgan fingerprint density at radius 2 is 0.667 bits per heavy atom. The summed E-state index contributed by atoms with van der Waals surface area (Å²) in [6, 6.07) is 44.0. The Morgan fingerprint density at radius 1 is 0.405 bits per heavy atom. The Kier molecular flexibility index (Phi) is 9.75. The van der Waals surface area contributed by atoms with Gasteiger partial charge in [0.1, 0.15) is 0 Å². The minimum absolute atomic E-state index is 0.270. The van der Waals surface area contributed by atoms with Crippen molar-refractivity contribution in [3.63, 3.8) is 0 Å². The molecule has 5 heteroatoms. The number of aliphatic hydroxyl groups is 1. The lowest BCUT2D eigenvalue weighted by molar-refractivity contribution is 0.0282. The van der Waals surface area contributed by atoms with Crippen LogP contribution in [0, 0.1) is 0 Å². The summed E-state index contributed by atoms with van der Waals surface area (Å²) in [6.45, 7) is 9.42. The van der Waals surface area contributed by atoms with Crippen LogP contribution in [-0.4, -0.2) is 96.3 Å². The molecule has 0 aliphatic carbocycles. The smallest absolute Gasteiger partial charge is 0.0793 e. The van der Waals surface area contributed by atoms with Gasteiger partial charge in [-0.3, -0.25) is 19.6 Å². The molecule has 0 bridgehead atoms. The highest BCUT2D eigenvalue weighted by molar-refractivity contribution is 5.33. The number of aliphatic hydroxyl groups excluding tert-OH is 1. The summed E-state index contributed by atoms with van der Waals surface area (Å²) < 4.78 is 0. The van der Waals surface area contributed by atoms with Crippen molar-refractivity contribution in [3.8, 4) is 0 Å². The number of rotatable bonds is 10. The van der Waals surface area contributed by atoms with Crippen LogP contribution >= 0.6 is 0 Å². The molecule has 0 radical (unpaired) electrons. The van der Waals surface area contributed by atoms with E-state index in [2.05, 4.69) is 141 Å². The molecule has 0 aromatic heterocycles. The van der Waals surface area contributed by atoms with Gasteiger partial charge in [0.2, 0.25) is 0 Å². The molecule has 1 N–H and O–H groups in total. The summed E-state index contributed by atoms with van der Waals surface area (Å²) >= 11 is 0. The number of benzene rings is 4. The first kappa shape index (κ1) is 28.8. The maximum absolute atomic E-state index is 11.1. The number of nitrogens with zero attached hydrogens (tertiary/aromatic N) is 4. The molecule has 0 saturated carbocycles. The highest BCUT2D eigenvalue weighted by Gasteiger charge is 2.29. The van der Waals surface area contributed by atoms with E-state index in [-0.39, 0.29) is 18.2 Å². The van der Waals surface area contributed by atoms with Gasteiger partial charge in [0, 0.05) is 65.4 Å². The Balaban J connectivity index is 1.00. The minimum atomic E-state index is -0.332. The summed E-state index contributed by atoms with van der Waals surface area (Å²) in [5.41, 5.74) is 5.38.